The molecule has 178 valence electrons. The van der Waals surface area contributed by atoms with Crippen molar-refractivity contribution >= 4 is 11.5 Å². The first-order chi connectivity index (χ1) is 16.1. The molecule has 5 nitrogen and oxygen atoms in total. The lowest BCUT2D eigenvalue weighted by Gasteiger charge is -2.32. The highest BCUT2D eigenvalue weighted by molar-refractivity contribution is 6.00. The minimum Gasteiger partial charge on any atom is -0.397 e. The molecule has 1 saturated carbocycles. The normalized spacial score (nSPS) is 20.4. The summed E-state index contributed by atoms with van der Waals surface area (Å²) < 4.78 is 43.6. The van der Waals surface area contributed by atoms with Gasteiger partial charge in [-0.2, -0.15) is 0 Å². The number of carbonyl (C=O) groups excluding carboxylic acids is 1. The highest BCUT2D eigenvalue weighted by atomic mass is 19.1. The largest absolute Gasteiger partial charge is 0.397 e. The summed E-state index contributed by atoms with van der Waals surface area (Å²) in [5, 5.41) is 0. The van der Waals surface area contributed by atoms with E-state index in [1.807, 2.05) is 6.07 Å². The van der Waals surface area contributed by atoms with E-state index in [2.05, 4.69) is 16.9 Å². The summed E-state index contributed by atoms with van der Waals surface area (Å²) in [4.78, 5) is 21.4. The van der Waals surface area contributed by atoms with Gasteiger partial charge in [-0.05, 0) is 72.9 Å². The molecule has 8 heteroatoms. The Labute approximate surface area is 196 Å². The van der Waals surface area contributed by atoms with Gasteiger partial charge in [0, 0.05) is 30.9 Å². The van der Waals surface area contributed by atoms with Crippen LogP contribution < -0.4 is 11.5 Å². The molecule has 0 spiro atoms. The molecule has 0 aliphatic heterocycles. The Morgan fingerprint density at radius 3 is 2.47 bits per heavy atom. The van der Waals surface area contributed by atoms with Gasteiger partial charge in [0.1, 0.15) is 23.0 Å². The first kappa shape index (κ1) is 23.9. The van der Waals surface area contributed by atoms with Gasteiger partial charge in [-0.1, -0.05) is 6.92 Å². The van der Waals surface area contributed by atoms with Gasteiger partial charge >= 0.3 is 0 Å². The number of rotatable bonds is 5. The molecule has 1 aliphatic carbocycles. The Hall–Kier alpha value is -3.26. The maximum absolute atomic E-state index is 14.6. The summed E-state index contributed by atoms with van der Waals surface area (Å²) in [6.45, 7) is 3.68. The summed E-state index contributed by atoms with van der Waals surface area (Å²) >= 11 is 0. The minimum atomic E-state index is -1.01. The number of halogens is 3. The molecule has 0 amide bonds. The Bertz CT molecular complexity index is 1210. The molecule has 4 rings (SSSR count). The second kappa shape index (κ2) is 9.54. The van der Waals surface area contributed by atoms with Crippen molar-refractivity contribution in [2.45, 2.75) is 51.5 Å². The van der Waals surface area contributed by atoms with Crippen LogP contribution in [0, 0.1) is 30.3 Å². The molecule has 4 N–H and O–H groups in total. The molecular weight excluding hydrogens is 441 g/mol. The standard InChI is InChI=1S/C26H27F3N4O/c1-13-5-15(9-17(30)6-13)18-3-4-32-12-16(18)10-23(34)26-22(31)11-21(29)25(33-26)24-19(27)7-14(2)8-20(24)28/h3-4,7-8,11-13,15,17H,5-6,9-10,30-31H2,1-2H3/t13-,15+,17-/m0/s1. The number of ketones is 1. The third kappa shape index (κ3) is 4.82. The van der Waals surface area contributed by atoms with Gasteiger partial charge in [0.25, 0.3) is 0 Å². The predicted octanol–water partition coefficient (Wildman–Crippen LogP) is 5.11. The number of carbonyl (C=O) groups is 1. The van der Waals surface area contributed by atoms with Crippen molar-refractivity contribution < 1.29 is 18.0 Å². The smallest absolute Gasteiger partial charge is 0.187 e. The van der Waals surface area contributed by atoms with Crippen LogP contribution in [-0.4, -0.2) is 21.8 Å². The molecule has 0 radical (unpaired) electrons. The van der Waals surface area contributed by atoms with Crippen LogP contribution in [0.5, 0.6) is 0 Å². The fourth-order valence-corrected chi connectivity index (χ4v) is 4.98. The Morgan fingerprint density at radius 1 is 1.09 bits per heavy atom. The summed E-state index contributed by atoms with van der Waals surface area (Å²) in [6, 6.07) is 5.01. The SMILES string of the molecule is Cc1cc(F)c(-c2nc(C(=O)Cc3cnccc3[C@@H]3C[C@H](C)C[C@H](N)C3)c(N)cc2F)c(F)c1. The van der Waals surface area contributed by atoms with Crippen molar-refractivity contribution in [1.82, 2.24) is 9.97 Å². The van der Waals surface area contributed by atoms with Crippen molar-refractivity contribution in [3.63, 3.8) is 0 Å². The number of benzene rings is 1. The second-order valence-electron chi connectivity index (χ2n) is 9.30. The quantitative estimate of drug-likeness (QED) is 0.508. The van der Waals surface area contributed by atoms with Crippen molar-refractivity contribution in [1.29, 1.82) is 0 Å². The van der Waals surface area contributed by atoms with Gasteiger partial charge in [0.05, 0.1) is 11.3 Å². The molecule has 1 aliphatic rings. The average molecular weight is 469 g/mol. The number of hydrogen-bond donors (Lipinski definition) is 2. The highest BCUT2D eigenvalue weighted by Gasteiger charge is 2.28. The van der Waals surface area contributed by atoms with Crippen LogP contribution in [-0.2, 0) is 6.42 Å². The van der Waals surface area contributed by atoms with Gasteiger partial charge in [0.2, 0.25) is 0 Å². The van der Waals surface area contributed by atoms with Crippen molar-refractivity contribution in [3.05, 3.63) is 76.5 Å². The molecule has 3 aromatic rings. The molecule has 0 bridgehead atoms. The van der Waals surface area contributed by atoms with Crippen LogP contribution >= 0.6 is 0 Å². The van der Waals surface area contributed by atoms with E-state index in [0.29, 0.717) is 17.0 Å². The zero-order valence-electron chi connectivity index (χ0n) is 19.1. The van der Waals surface area contributed by atoms with Gasteiger partial charge in [-0.15, -0.1) is 0 Å². The average Bonchev–Trinajstić information content (AvgIpc) is 2.74. The predicted molar refractivity (Wildman–Crippen MR) is 125 cm³/mol. The van der Waals surface area contributed by atoms with Crippen molar-refractivity contribution in [3.8, 4) is 11.3 Å². The fourth-order valence-electron chi connectivity index (χ4n) is 4.98. The Balaban J connectivity index is 1.69. The van der Waals surface area contributed by atoms with Crippen molar-refractivity contribution in [2.24, 2.45) is 11.7 Å². The number of hydrogen-bond acceptors (Lipinski definition) is 5. The topological polar surface area (TPSA) is 94.9 Å². The Kier molecular flexibility index (Phi) is 6.70. The zero-order valence-corrected chi connectivity index (χ0v) is 19.1. The zero-order chi connectivity index (χ0) is 24.6. The van der Waals surface area contributed by atoms with E-state index >= 15 is 0 Å². The van der Waals surface area contributed by atoms with E-state index in [9.17, 15) is 18.0 Å². The molecule has 0 unspecified atom stereocenters. The Morgan fingerprint density at radius 2 is 1.79 bits per heavy atom. The molecule has 3 atom stereocenters. The lowest BCUT2D eigenvalue weighted by atomic mass is 9.75. The molecule has 1 aromatic carbocycles. The van der Waals surface area contributed by atoms with Crippen LogP contribution in [0.3, 0.4) is 0 Å². The number of anilines is 1. The van der Waals surface area contributed by atoms with Crippen LogP contribution in [0.4, 0.5) is 18.9 Å². The third-order valence-electron chi connectivity index (χ3n) is 6.40. The molecular formula is C26H27F3N4O. The maximum Gasteiger partial charge on any atom is 0.187 e. The lowest BCUT2D eigenvalue weighted by molar-refractivity contribution is 0.0988. The number of nitrogen functional groups attached to an aromatic ring is 1. The summed E-state index contributed by atoms with van der Waals surface area (Å²) in [7, 11) is 0. The number of nitrogens with zero attached hydrogens (tertiary/aromatic N) is 2. The summed E-state index contributed by atoms with van der Waals surface area (Å²) in [5.74, 6) is -2.79. The first-order valence-corrected chi connectivity index (χ1v) is 11.3. The fraction of sp³-hybridized carbons (Fsp3) is 0.346. The van der Waals surface area contributed by atoms with E-state index in [-0.39, 0.29) is 29.8 Å². The molecule has 34 heavy (non-hydrogen) atoms. The molecule has 1 fully saturated rings. The lowest BCUT2D eigenvalue weighted by Crippen LogP contribution is -2.31. The van der Waals surface area contributed by atoms with Gasteiger partial charge in [-0.3, -0.25) is 9.78 Å². The van der Waals surface area contributed by atoms with Gasteiger partial charge in [0.15, 0.2) is 11.6 Å². The van der Waals surface area contributed by atoms with Crippen LogP contribution in [0.2, 0.25) is 0 Å². The number of nitrogens with two attached hydrogens (primary N) is 2. The van der Waals surface area contributed by atoms with E-state index in [1.165, 1.54) is 6.92 Å². The molecule has 2 heterocycles. The second-order valence-corrected chi connectivity index (χ2v) is 9.30. The van der Waals surface area contributed by atoms with Crippen LogP contribution in [0.25, 0.3) is 11.3 Å². The summed E-state index contributed by atoms with van der Waals surface area (Å²) in [6.07, 6.45) is 5.94. The van der Waals surface area contributed by atoms with Crippen molar-refractivity contribution in [2.75, 3.05) is 5.73 Å². The highest BCUT2D eigenvalue weighted by Crippen LogP contribution is 2.37. The van der Waals surface area contributed by atoms with Gasteiger partial charge in [-0.25, -0.2) is 18.2 Å². The number of aromatic nitrogens is 2. The minimum absolute atomic E-state index is 0.0789. The number of Topliss-reactive ketones (excluding diaryl/α,β-unsaturated/α-hetero) is 1. The van der Waals surface area contributed by atoms with E-state index in [0.717, 1.165) is 43.0 Å². The van der Waals surface area contributed by atoms with Gasteiger partial charge < -0.3 is 11.5 Å². The van der Waals surface area contributed by atoms with Crippen LogP contribution in [0.15, 0.2) is 36.7 Å². The number of pyridine rings is 2. The molecule has 2 aromatic heterocycles. The first-order valence-electron chi connectivity index (χ1n) is 11.3. The summed E-state index contributed by atoms with van der Waals surface area (Å²) in [5.41, 5.74) is 12.5. The monoisotopic (exact) mass is 468 g/mol. The van der Waals surface area contributed by atoms with E-state index in [4.69, 9.17) is 11.5 Å². The van der Waals surface area contributed by atoms with Crippen LogP contribution in [0.1, 0.15) is 59.3 Å². The molecule has 0 saturated heterocycles. The maximum atomic E-state index is 14.6. The number of aryl methyl sites for hydroxylation is 1. The van der Waals surface area contributed by atoms with E-state index in [1.54, 1.807) is 12.4 Å². The van der Waals surface area contributed by atoms with E-state index < -0.39 is 34.5 Å². The third-order valence-corrected chi connectivity index (χ3v) is 6.40.